The summed E-state index contributed by atoms with van der Waals surface area (Å²) >= 11 is 0. The smallest absolute Gasteiger partial charge is 0.235 e. The third kappa shape index (κ3) is 5.00. The molecule has 0 fully saturated rings. The van der Waals surface area contributed by atoms with Crippen molar-refractivity contribution in [1.82, 2.24) is 24.1 Å². The van der Waals surface area contributed by atoms with Crippen LogP contribution in [0.1, 0.15) is 35.4 Å². The number of benzene rings is 5. The Morgan fingerprint density at radius 2 is 1.18 bits per heavy atom. The maximum absolute atomic E-state index is 6.23. The number of para-hydroxylation sites is 1. The van der Waals surface area contributed by atoms with Crippen LogP contribution >= 0.6 is 0 Å². The zero-order valence-electron chi connectivity index (χ0n) is 31.1. The number of aromatic nitrogens is 5. The lowest BCUT2D eigenvalue weighted by Gasteiger charge is -2.13. The fraction of sp³-hybridized carbons (Fsp3) is 0.0784. The van der Waals surface area contributed by atoms with Crippen LogP contribution in [0.3, 0.4) is 0 Å². The third-order valence-electron chi connectivity index (χ3n) is 11.7. The molecule has 10 aromatic rings. The Bertz CT molecular complexity index is 3230. The topological polar surface area (TPSA) is 61.7 Å². The number of aryl methyl sites for hydroxylation is 1. The second-order valence-corrected chi connectivity index (χ2v) is 15.0. The molecule has 0 unspecified atom stereocenters. The van der Waals surface area contributed by atoms with Gasteiger partial charge in [-0.1, -0.05) is 109 Å². The summed E-state index contributed by atoms with van der Waals surface area (Å²) in [7, 11) is 0. The summed E-state index contributed by atoms with van der Waals surface area (Å²) in [5.74, 6) is 2.63. The molecule has 0 atom stereocenters. The number of allylic oxidation sites excluding steroid dienone is 2. The van der Waals surface area contributed by atoms with Gasteiger partial charge in [0, 0.05) is 61.5 Å². The number of hydrogen-bond acceptors (Lipinski definition) is 4. The summed E-state index contributed by atoms with van der Waals surface area (Å²) < 4.78 is 10.9. The molecule has 12 rings (SSSR count). The lowest BCUT2D eigenvalue weighted by molar-refractivity contribution is 0.546. The molecule has 5 aromatic carbocycles. The molecule has 0 radical (unpaired) electrons. The van der Waals surface area contributed by atoms with Crippen molar-refractivity contribution < 1.29 is 4.42 Å². The predicted octanol–water partition coefficient (Wildman–Crippen LogP) is 12.6. The zero-order chi connectivity index (χ0) is 37.5. The van der Waals surface area contributed by atoms with E-state index in [9.17, 15) is 0 Å². The van der Waals surface area contributed by atoms with E-state index in [0.717, 1.165) is 98.6 Å². The number of fused-ring (bicyclic) bond motifs is 10. The minimum Gasteiger partial charge on any atom is -0.460 e. The largest absolute Gasteiger partial charge is 0.460 e. The van der Waals surface area contributed by atoms with Gasteiger partial charge >= 0.3 is 0 Å². The highest BCUT2D eigenvalue weighted by atomic mass is 16.3. The minimum atomic E-state index is 0.644. The van der Waals surface area contributed by atoms with Crippen LogP contribution in [-0.4, -0.2) is 24.1 Å². The van der Waals surface area contributed by atoms with Gasteiger partial charge in [-0.15, -0.1) is 0 Å². The Morgan fingerprint density at radius 3 is 1.96 bits per heavy atom. The molecule has 57 heavy (non-hydrogen) atoms. The molecule has 5 heterocycles. The quantitative estimate of drug-likeness (QED) is 0.177. The molecule has 6 heteroatoms. The summed E-state index contributed by atoms with van der Waals surface area (Å²) in [6.07, 6.45) is 12.9. The summed E-state index contributed by atoms with van der Waals surface area (Å²) in [4.78, 5) is 16.0. The van der Waals surface area contributed by atoms with E-state index in [1.807, 2.05) is 12.1 Å². The van der Waals surface area contributed by atoms with Crippen molar-refractivity contribution in [2.75, 3.05) is 0 Å². The Kier molecular flexibility index (Phi) is 7.08. The Hall–Kier alpha value is -7.31. The average molecular weight is 734 g/mol. The zero-order valence-corrected chi connectivity index (χ0v) is 31.1. The van der Waals surface area contributed by atoms with E-state index in [2.05, 4.69) is 161 Å². The molecule has 5 aromatic heterocycles. The number of furan rings is 1. The van der Waals surface area contributed by atoms with E-state index in [1.54, 1.807) is 0 Å². The highest BCUT2D eigenvalue weighted by Crippen LogP contribution is 2.43. The summed E-state index contributed by atoms with van der Waals surface area (Å²) in [5.41, 5.74) is 13.8. The molecule has 2 aliphatic carbocycles. The van der Waals surface area contributed by atoms with Crippen LogP contribution in [0.2, 0.25) is 0 Å². The second kappa shape index (κ2) is 12.6. The van der Waals surface area contributed by atoms with Crippen LogP contribution < -0.4 is 0 Å². The number of rotatable bonds is 5. The molecule has 0 N–H and O–H groups in total. The fourth-order valence-corrected chi connectivity index (χ4v) is 9.11. The molecule has 6 nitrogen and oxygen atoms in total. The van der Waals surface area contributed by atoms with Gasteiger partial charge in [0.2, 0.25) is 5.95 Å². The van der Waals surface area contributed by atoms with E-state index in [1.165, 1.54) is 33.0 Å². The Balaban J connectivity index is 1.08. The first-order valence-electron chi connectivity index (χ1n) is 19.7. The highest BCUT2D eigenvalue weighted by Gasteiger charge is 2.26. The van der Waals surface area contributed by atoms with Gasteiger partial charge in [0.05, 0.1) is 33.6 Å². The van der Waals surface area contributed by atoms with E-state index in [4.69, 9.17) is 19.4 Å². The summed E-state index contributed by atoms with van der Waals surface area (Å²) in [5, 5.41) is 4.73. The van der Waals surface area contributed by atoms with Crippen LogP contribution in [0, 0.1) is 0 Å². The first-order chi connectivity index (χ1) is 28.3. The molecular formula is C51H35N5O. The molecule has 2 aliphatic rings. The van der Waals surface area contributed by atoms with Gasteiger partial charge in [0.25, 0.3) is 0 Å². The molecular weight excluding hydrogens is 699 g/mol. The predicted molar refractivity (Wildman–Crippen MR) is 232 cm³/mol. The van der Waals surface area contributed by atoms with Crippen molar-refractivity contribution in [3.63, 3.8) is 0 Å². The van der Waals surface area contributed by atoms with Gasteiger partial charge in [0.15, 0.2) is 0 Å². The van der Waals surface area contributed by atoms with Crippen LogP contribution in [0.5, 0.6) is 0 Å². The van der Waals surface area contributed by atoms with Gasteiger partial charge in [0.1, 0.15) is 17.2 Å². The summed E-state index contributed by atoms with van der Waals surface area (Å²) in [6.45, 7) is 0. The lowest BCUT2D eigenvalue weighted by Crippen LogP contribution is -2.05. The third-order valence-corrected chi connectivity index (χ3v) is 11.7. The maximum atomic E-state index is 6.23. The number of nitrogens with zero attached hydrogens (tertiary/aromatic N) is 5. The van der Waals surface area contributed by atoms with Gasteiger partial charge < -0.3 is 4.42 Å². The average Bonchev–Trinajstić information content (AvgIpc) is 3.94. The minimum absolute atomic E-state index is 0.644. The standard InChI is InChI=1S/C51H35N5O/c1-3-14-32(15-4-1)40-31-41(33-16-5-2-6-17-33)54-51(53-40)56-43-23-11-8-20-37(43)50-45(56)28-27-44-49(50)36-19-7-10-22-42(36)55(44)48-25-13-21-39(52-48)34-26-29-47-38(30-34)35-18-9-12-24-46(35)57-47/h1-9,11,13-21,23,25-31H,10,12,22,24H2. The van der Waals surface area contributed by atoms with Gasteiger partial charge in [-0.2, -0.15) is 0 Å². The van der Waals surface area contributed by atoms with E-state index >= 15 is 0 Å². The monoisotopic (exact) mass is 733 g/mol. The van der Waals surface area contributed by atoms with Gasteiger partial charge in [-0.25, -0.2) is 15.0 Å². The first kappa shape index (κ1) is 32.0. The van der Waals surface area contributed by atoms with E-state index < -0.39 is 0 Å². The Labute approximate surface area is 328 Å². The van der Waals surface area contributed by atoms with Crippen molar-refractivity contribution >= 4 is 55.8 Å². The van der Waals surface area contributed by atoms with Crippen LogP contribution in [0.15, 0.2) is 156 Å². The van der Waals surface area contributed by atoms with E-state index in [-0.39, 0.29) is 0 Å². The highest BCUT2D eigenvalue weighted by molar-refractivity contribution is 6.23. The van der Waals surface area contributed by atoms with Gasteiger partial charge in [-0.3, -0.25) is 9.13 Å². The van der Waals surface area contributed by atoms with Crippen molar-refractivity contribution in [1.29, 1.82) is 0 Å². The van der Waals surface area contributed by atoms with Crippen LogP contribution in [0.4, 0.5) is 0 Å². The number of hydrogen-bond donors (Lipinski definition) is 0. The van der Waals surface area contributed by atoms with Crippen molar-refractivity contribution in [2.45, 2.75) is 25.7 Å². The van der Waals surface area contributed by atoms with E-state index in [0.29, 0.717) is 5.95 Å². The molecule has 0 saturated carbocycles. The molecule has 0 bridgehead atoms. The summed E-state index contributed by atoms with van der Waals surface area (Å²) in [6, 6.07) is 48.9. The molecule has 0 saturated heterocycles. The van der Waals surface area contributed by atoms with Gasteiger partial charge in [-0.05, 0) is 73.9 Å². The number of pyridine rings is 1. The normalized spacial score (nSPS) is 13.5. The molecule has 0 aliphatic heterocycles. The molecule has 0 amide bonds. The Morgan fingerprint density at radius 1 is 0.474 bits per heavy atom. The fourth-order valence-electron chi connectivity index (χ4n) is 9.11. The second-order valence-electron chi connectivity index (χ2n) is 15.0. The maximum Gasteiger partial charge on any atom is 0.235 e. The van der Waals surface area contributed by atoms with Crippen molar-refractivity contribution in [2.24, 2.45) is 0 Å². The van der Waals surface area contributed by atoms with Crippen molar-refractivity contribution in [3.8, 4) is 45.5 Å². The molecule has 270 valence electrons. The van der Waals surface area contributed by atoms with Crippen molar-refractivity contribution in [3.05, 3.63) is 174 Å². The van der Waals surface area contributed by atoms with Crippen LogP contribution in [0.25, 0.3) is 101 Å². The van der Waals surface area contributed by atoms with Crippen LogP contribution in [-0.2, 0) is 12.8 Å². The molecule has 0 spiro atoms. The first-order valence-corrected chi connectivity index (χ1v) is 19.7. The lowest BCUT2D eigenvalue weighted by atomic mass is 9.99. The SMILES string of the molecule is C1=Cc2c(oc3ccc(-c4cccc(-n5c6c(c7c8c9ccccc9n(-c9nc(-c%10ccccc%10)cc(-c%10ccccc%10)n9)c8ccc75)C=CCC6)n4)cc23)CC1.